The number of fused-ring (bicyclic) bond motifs is 1. The van der Waals surface area contributed by atoms with Gasteiger partial charge in [-0.2, -0.15) is 5.10 Å². The number of benzene rings is 1. The molecule has 2 aliphatic heterocycles. The van der Waals surface area contributed by atoms with Crippen molar-refractivity contribution in [2.24, 2.45) is 0 Å². The summed E-state index contributed by atoms with van der Waals surface area (Å²) in [5, 5.41) is 11.8. The van der Waals surface area contributed by atoms with Gasteiger partial charge < -0.3 is 24.8 Å². The molecule has 2 aliphatic rings. The fraction of sp³-hybridized carbons (Fsp3) is 0.560. The SMILES string of the molecule is Cc1c(NCCN2CCCC2)cc(OC(C)C)cc1N1CCN(c2ncnc3[nH]nc(Br)c23)CC1. The van der Waals surface area contributed by atoms with Crippen molar-refractivity contribution < 1.29 is 4.74 Å². The third-order valence-corrected chi connectivity index (χ3v) is 7.45. The van der Waals surface area contributed by atoms with E-state index in [0.717, 1.165) is 66.5 Å². The van der Waals surface area contributed by atoms with E-state index in [1.165, 1.54) is 42.9 Å². The van der Waals surface area contributed by atoms with Crippen LogP contribution in [0.5, 0.6) is 5.75 Å². The van der Waals surface area contributed by atoms with Crippen molar-refractivity contribution in [3.8, 4) is 5.75 Å². The van der Waals surface area contributed by atoms with Gasteiger partial charge in [0.05, 0.1) is 11.5 Å². The summed E-state index contributed by atoms with van der Waals surface area (Å²) < 4.78 is 6.90. The second-order valence-corrected chi connectivity index (χ2v) is 10.4. The monoisotopic (exact) mass is 542 g/mol. The Morgan fingerprint density at radius 1 is 1.06 bits per heavy atom. The predicted octanol–water partition coefficient (Wildman–Crippen LogP) is 4.05. The van der Waals surface area contributed by atoms with Crippen molar-refractivity contribution >= 4 is 44.2 Å². The molecule has 3 aromatic rings. The summed E-state index contributed by atoms with van der Waals surface area (Å²) in [5.41, 5.74) is 4.43. The zero-order chi connectivity index (χ0) is 24.4. The van der Waals surface area contributed by atoms with Gasteiger partial charge in [0.25, 0.3) is 0 Å². The first-order valence-electron chi connectivity index (χ1n) is 12.6. The Morgan fingerprint density at radius 3 is 2.54 bits per heavy atom. The molecule has 0 amide bonds. The predicted molar refractivity (Wildman–Crippen MR) is 145 cm³/mol. The molecule has 0 atom stereocenters. The van der Waals surface area contributed by atoms with Crippen LogP contribution >= 0.6 is 15.9 Å². The highest BCUT2D eigenvalue weighted by atomic mass is 79.9. The standard InChI is InChI=1S/C25H35BrN8O/c1-17(2)35-19-14-20(27-6-9-32-7-4-5-8-32)18(3)21(15-19)33-10-12-34(13-11-33)25-22-23(26)30-31-24(22)28-16-29-25/h14-17,27H,4-13H2,1-3H3,(H,28,29,30,31). The number of H-pyrrole nitrogens is 1. The maximum absolute atomic E-state index is 6.14. The van der Waals surface area contributed by atoms with Gasteiger partial charge in [0.15, 0.2) is 5.65 Å². The molecule has 0 aliphatic carbocycles. The molecule has 9 nitrogen and oxygen atoms in total. The lowest BCUT2D eigenvalue weighted by Crippen LogP contribution is -2.47. The van der Waals surface area contributed by atoms with Gasteiger partial charge in [-0.25, -0.2) is 9.97 Å². The molecular formula is C25H35BrN8O. The molecular weight excluding hydrogens is 508 g/mol. The first-order chi connectivity index (χ1) is 17.0. The van der Waals surface area contributed by atoms with E-state index in [0.29, 0.717) is 0 Å². The van der Waals surface area contributed by atoms with Gasteiger partial charge in [-0.1, -0.05) is 0 Å². The summed E-state index contributed by atoms with van der Waals surface area (Å²) in [6.07, 6.45) is 4.38. The van der Waals surface area contributed by atoms with Crippen LogP contribution in [0.3, 0.4) is 0 Å². The second kappa shape index (κ2) is 10.6. The third-order valence-electron chi connectivity index (χ3n) is 6.88. The molecule has 188 valence electrons. The normalized spacial score (nSPS) is 17.1. The average Bonchev–Trinajstić information content (AvgIpc) is 3.51. The zero-order valence-corrected chi connectivity index (χ0v) is 22.4. The summed E-state index contributed by atoms with van der Waals surface area (Å²) >= 11 is 3.54. The minimum atomic E-state index is 0.133. The van der Waals surface area contributed by atoms with E-state index in [1.54, 1.807) is 6.33 Å². The quantitative estimate of drug-likeness (QED) is 0.441. The van der Waals surface area contributed by atoms with Crippen LogP contribution in [-0.2, 0) is 0 Å². The number of aromatic nitrogens is 4. The molecule has 5 rings (SSSR count). The molecule has 2 N–H and O–H groups in total. The smallest absolute Gasteiger partial charge is 0.161 e. The van der Waals surface area contributed by atoms with Crippen LogP contribution in [0.15, 0.2) is 23.1 Å². The van der Waals surface area contributed by atoms with E-state index >= 15 is 0 Å². The number of halogens is 1. The van der Waals surface area contributed by atoms with Crippen LogP contribution < -0.4 is 19.9 Å². The number of piperazine rings is 1. The molecule has 0 unspecified atom stereocenters. The minimum Gasteiger partial charge on any atom is -0.491 e. The third kappa shape index (κ3) is 5.33. The number of likely N-dealkylation sites (tertiary alicyclic amines) is 1. The number of rotatable bonds is 8. The second-order valence-electron chi connectivity index (χ2n) is 9.67. The maximum Gasteiger partial charge on any atom is 0.161 e. The van der Waals surface area contributed by atoms with E-state index in [4.69, 9.17) is 4.74 Å². The minimum absolute atomic E-state index is 0.133. The van der Waals surface area contributed by atoms with E-state index in [2.05, 4.69) is 89.0 Å². The molecule has 2 saturated heterocycles. The number of nitrogens with zero attached hydrogens (tertiary/aromatic N) is 6. The fourth-order valence-electron chi connectivity index (χ4n) is 5.09. The lowest BCUT2D eigenvalue weighted by atomic mass is 10.1. The van der Waals surface area contributed by atoms with Gasteiger partial charge in [0, 0.05) is 62.8 Å². The summed E-state index contributed by atoms with van der Waals surface area (Å²) in [6, 6.07) is 4.36. The number of anilines is 3. The lowest BCUT2D eigenvalue weighted by Gasteiger charge is -2.38. The highest BCUT2D eigenvalue weighted by Crippen LogP contribution is 2.35. The van der Waals surface area contributed by atoms with E-state index in [-0.39, 0.29) is 6.10 Å². The Bertz CT molecular complexity index is 1150. The van der Waals surface area contributed by atoms with Gasteiger partial charge in [-0.15, -0.1) is 0 Å². The van der Waals surface area contributed by atoms with E-state index < -0.39 is 0 Å². The zero-order valence-electron chi connectivity index (χ0n) is 20.8. The highest BCUT2D eigenvalue weighted by molar-refractivity contribution is 9.10. The molecule has 2 fully saturated rings. The van der Waals surface area contributed by atoms with Crippen molar-refractivity contribution in [2.45, 2.75) is 39.7 Å². The van der Waals surface area contributed by atoms with Gasteiger partial charge >= 0.3 is 0 Å². The first-order valence-corrected chi connectivity index (χ1v) is 13.4. The van der Waals surface area contributed by atoms with Crippen molar-refractivity contribution in [2.75, 3.05) is 67.5 Å². The molecule has 2 aromatic heterocycles. The van der Waals surface area contributed by atoms with Crippen molar-refractivity contribution in [1.29, 1.82) is 0 Å². The number of hydrogen-bond donors (Lipinski definition) is 2. The van der Waals surface area contributed by atoms with Gasteiger partial charge in [-0.05, 0) is 68.2 Å². The molecule has 10 heteroatoms. The van der Waals surface area contributed by atoms with Crippen LogP contribution in [0, 0.1) is 6.92 Å². The topological polar surface area (TPSA) is 85.4 Å². The van der Waals surface area contributed by atoms with Crippen molar-refractivity contribution in [1.82, 2.24) is 25.1 Å². The van der Waals surface area contributed by atoms with E-state index in [1.807, 2.05) is 0 Å². The van der Waals surface area contributed by atoms with Crippen LogP contribution in [0.2, 0.25) is 0 Å². The fourth-order valence-corrected chi connectivity index (χ4v) is 5.54. The van der Waals surface area contributed by atoms with Crippen LogP contribution in [0.25, 0.3) is 11.0 Å². The highest BCUT2D eigenvalue weighted by Gasteiger charge is 2.24. The number of ether oxygens (including phenoxy) is 1. The van der Waals surface area contributed by atoms with Gasteiger partial charge in [0.1, 0.15) is 22.5 Å². The van der Waals surface area contributed by atoms with Crippen LogP contribution in [0.1, 0.15) is 32.3 Å². The first kappa shape index (κ1) is 24.1. The van der Waals surface area contributed by atoms with Crippen LogP contribution in [-0.4, -0.2) is 83.5 Å². The van der Waals surface area contributed by atoms with Gasteiger partial charge in [0.2, 0.25) is 0 Å². The average molecular weight is 544 g/mol. The van der Waals surface area contributed by atoms with E-state index in [9.17, 15) is 0 Å². The lowest BCUT2D eigenvalue weighted by molar-refractivity contribution is 0.242. The molecule has 0 saturated carbocycles. The molecule has 35 heavy (non-hydrogen) atoms. The number of aromatic amines is 1. The Hall–Kier alpha value is -2.59. The molecule has 1 aromatic carbocycles. The number of nitrogens with one attached hydrogen (secondary N) is 2. The Balaban J connectivity index is 1.32. The number of hydrogen-bond acceptors (Lipinski definition) is 8. The van der Waals surface area contributed by atoms with Crippen molar-refractivity contribution in [3.05, 3.63) is 28.6 Å². The largest absolute Gasteiger partial charge is 0.491 e. The Labute approximate surface area is 215 Å². The molecule has 0 bridgehead atoms. The molecule has 4 heterocycles. The molecule has 0 spiro atoms. The van der Waals surface area contributed by atoms with Crippen LogP contribution in [0.4, 0.5) is 17.2 Å². The van der Waals surface area contributed by atoms with Gasteiger partial charge in [-0.3, -0.25) is 5.10 Å². The summed E-state index contributed by atoms with van der Waals surface area (Å²) in [5.74, 6) is 1.85. The summed E-state index contributed by atoms with van der Waals surface area (Å²) in [6.45, 7) is 14.4. The molecule has 0 radical (unpaired) electrons. The maximum atomic E-state index is 6.14. The Morgan fingerprint density at radius 2 is 1.80 bits per heavy atom. The Kier molecular flexibility index (Phi) is 7.29. The summed E-state index contributed by atoms with van der Waals surface area (Å²) in [4.78, 5) is 16.2. The van der Waals surface area contributed by atoms with Crippen molar-refractivity contribution in [3.63, 3.8) is 0 Å². The summed E-state index contributed by atoms with van der Waals surface area (Å²) in [7, 11) is 0.